The number of hydrogen-bond acceptors (Lipinski definition) is 8. The number of carbonyl (C=O) groups excluding carboxylic acids is 2. The van der Waals surface area contributed by atoms with Crippen LogP contribution in [0.2, 0.25) is 0 Å². The van der Waals surface area contributed by atoms with Gasteiger partial charge in [0.05, 0.1) is 23.0 Å². The van der Waals surface area contributed by atoms with Crippen LogP contribution in [0.15, 0.2) is 12.2 Å². The molecular weight excluding hydrogens is 440 g/mol. The molecular formula is C26H38O8. The van der Waals surface area contributed by atoms with Crippen molar-refractivity contribution in [3.8, 4) is 11.8 Å². The molecule has 0 aliphatic carbocycles. The summed E-state index contributed by atoms with van der Waals surface area (Å²) in [5.41, 5.74) is -1.39. The molecule has 0 amide bonds. The first-order valence-corrected chi connectivity index (χ1v) is 12.0. The first-order chi connectivity index (χ1) is 15.9. The van der Waals surface area contributed by atoms with Crippen molar-refractivity contribution in [3.05, 3.63) is 12.2 Å². The van der Waals surface area contributed by atoms with Crippen molar-refractivity contribution in [2.24, 2.45) is 10.8 Å². The molecule has 0 bridgehead atoms. The average molecular weight is 479 g/mol. The van der Waals surface area contributed by atoms with Crippen LogP contribution in [0.1, 0.15) is 60.8 Å². The molecule has 3 rings (SSSR count). The van der Waals surface area contributed by atoms with Gasteiger partial charge in [0.1, 0.15) is 31.0 Å². The fraction of sp³-hybridized carbons (Fsp3) is 0.769. The number of hydrogen-bond donors (Lipinski definition) is 1. The van der Waals surface area contributed by atoms with Crippen LogP contribution in [0.25, 0.3) is 0 Å². The minimum absolute atomic E-state index is 0.121. The Balaban J connectivity index is 1.69. The maximum Gasteiger partial charge on any atom is 0.311 e. The molecule has 34 heavy (non-hydrogen) atoms. The summed E-state index contributed by atoms with van der Waals surface area (Å²) < 4.78 is 29.0. The largest absolute Gasteiger partial charge is 0.461 e. The summed E-state index contributed by atoms with van der Waals surface area (Å²) in [6, 6.07) is 0. The van der Waals surface area contributed by atoms with Crippen LogP contribution >= 0.6 is 0 Å². The van der Waals surface area contributed by atoms with Crippen molar-refractivity contribution in [2.45, 2.75) is 104 Å². The second-order valence-electron chi connectivity index (χ2n) is 11.2. The minimum atomic E-state index is -0.830. The van der Waals surface area contributed by atoms with Crippen LogP contribution in [0.5, 0.6) is 0 Å². The molecule has 1 unspecified atom stereocenters. The highest BCUT2D eigenvalue weighted by Crippen LogP contribution is 2.33. The Morgan fingerprint density at radius 1 is 1.06 bits per heavy atom. The van der Waals surface area contributed by atoms with Gasteiger partial charge in [0.2, 0.25) is 0 Å². The molecule has 2 fully saturated rings. The van der Waals surface area contributed by atoms with E-state index in [4.69, 9.17) is 23.7 Å². The predicted octanol–water partition coefficient (Wildman–Crippen LogP) is 2.56. The molecule has 0 radical (unpaired) electrons. The molecule has 7 atom stereocenters. The van der Waals surface area contributed by atoms with E-state index >= 15 is 0 Å². The Morgan fingerprint density at radius 3 is 2.44 bits per heavy atom. The van der Waals surface area contributed by atoms with Crippen LogP contribution in [-0.2, 0) is 33.3 Å². The van der Waals surface area contributed by atoms with E-state index in [1.165, 1.54) is 0 Å². The molecule has 3 aliphatic rings. The SMILES string of the molecule is CC(C)(C)C(=O)OC[C@H](/C=C/C1C#CC[C@H]2O[C@H]3CCCO[C@@H]3[C@@H](O)[C@@H]2O1)OC(=O)C(C)(C)C. The van der Waals surface area contributed by atoms with Crippen LogP contribution in [0.3, 0.4) is 0 Å². The average Bonchev–Trinajstić information content (AvgIpc) is 2.96. The molecule has 0 aromatic carbocycles. The Labute approximate surface area is 202 Å². The Bertz CT molecular complexity index is 824. The third-order valence-corrected chi connectivity index (χ3v) is 5.91. The zero-order valence-electron chi connectivity index (χ0n) is 21.0. The predicted molar refractivity (Wildman–Crippen MR) is 124 cm³/mol. The molecule has 3 heterocycles. The van der Waals surface area contributed by atoms with E-state index in [-0.39, 0.29) is 18.8 Å². The molecule has 0 aromatic rings. The monoisotopic (exact) mass is 478 g/mol. The molecule has 0 saturated carbocycles. The highest BCUT2D eigenvalue weighted by atomic mass is 16.6. The zero-order chi connectivity index (χ0) is 25.1. The van der Waals surface area contributed by atoms with Crippen LogP contribution in [-0.4, -0.2) is 73.0 Å². The molecule has 3 aliphatic heterocycles. The number of aliphatic hydroxyl groups excluding tert-OH is 1. The number of carbonyl (C=O) groups is 2. The third kappa shape index (κ3) is 6.82. The summed E-state index contributed by atoms with van der Waals surface area (Å²) >= 11 is 0. The van der Waals surface area contributed by atoms with Gasteiger partial charge >= 0.3 is 11.9 Å². The number of esters is 2. The van der Waals surface area contributed by atoms with Crippen molar-refractivity contribution >= 4 is 11.9 Å². The quantitative estimate of drug-likeness (QED) is 0.366. The van der Waals surface area contributed by atoms with Gasteiger partial charge in [0.15, 0.2) is 6.10 Å². The highest BCUT2D eigenvalue weighted by Gasteiger charge is 2.48. The van der Waals surface area contributed by atoms with Crippen LogP contribution in [0, 0.1) is 22.7 Å². The summed E-state index contributed by atoms with van der Waals surface area (Å²) in [6.45, 7) is 11.0. The Morgan fingerprint density at radius 2 is 1.76 bits per heavy atom. The van der Waals surface area contributed by atoms with E-state index in [1.54, 1.807) is 53.7 Å². The van der Waals surface area contributed by atoms with Crippen molar-refractivity contribution in [1.82, 2.24) is 0 Å². The van der Waals surface area contributed by atoms with Crippen molar-refractivity contribution in [2.75, 3.05) is 13.2 Å². The Kier molecular flexibility index (Phi) is 8.46. The topological polar surface area (TPSA) is 101 Å². The molecule has 2 saturated heterocycles. The van der Waals surface area contributed by atoms with Gasteiger partial charge < -0.3 is 28.8 Å². The van der Waals surface area contributed by atoms with Crippen LogP contribution < -0.4 is 0 Å². The van der Waals surface area contributed by atoms with Crippen molar-refractivity contribution < 1.29 is 38.4 Å². The van der Waals surface area contributed by atoms with E-state index in [0.717, 1.165) is 12.8 Å². The fourth-order valence-electron chi connectivity index (χ4n) is 3.88. The number of fused-ring (bicyclic) bond motifs is 2. The third-order valence-electron chi connectivity index (χ3n) is 5.91. The van der Waals surface area contributed by atoms with Gasteiger partial charge in [-0.15, -0.1) is 0 Å². The minimum Gasteiger partial charge on any atom is -0.461 e. The van der Waals surface area contributed by atoms with Gasteiger partial charge in [-0.2, -0.15) is 0 Å². The highest BCUT2D eigenvalue weighted by molar-refractivity contribution is 5.76. The Hall–Kier alpha value is -1.92. The van der Waals surface area contributed by atoms with E-state index in [9.17, 15) is 14.7 Å². The smallest absolute Gasteiger partial charge is 0.311 e. The lowest BCUT2D eigenvalue weighted by Crippen LogP contribution is -2.60. The summed E-state index contributed by atoms with van der Waals surface area (Å²) in [7, 11) is 0. The summed E-state index contributed by atoms with van der Waals surface area (Å²) in [6.07, 6.45) is 1.67. The fourth-order valence-corrected chi connectivity index (χ4v) is 3.88. The molecule has 0 spiro atoms. The molecule has 0 aromatic heterocycles. The van der Waals surface area contributed by atoms with Crippen LogP contribution in [0.4, 0.5) is 0 Å². The summed E-state index contributed by atoms with van der Waals surface area (Å²) in [4.78, 5) is 24.7. The number of ether oxygens (including phenoxy) is 5. The summed E-state index contributed by atoms with van der Waals surface area (Å²) in [5, 5.41) is 10.9. The molecule has 8 heteroatoms. The first kappa shape index (κ1) is 26.7. The second kappa shape index (κ2) is 10.8. The van der Waals surface area contributed by atoms with Gasteiger partial charge in [-0.05, 0) is 66.5 Å². The lowest BCUT2D eigenvalue weighted by molar-refractivity contribution is -0.258. The second-order valence-corrected chi connectivity index (χ2v) is 11.2. The van der Waals surface area contributed by atoms with E-state index in [2.05, 4.69) is 11.8 Å². The molecule has 8 nitrogen and oxygen atoms in total. The van der Waals surface area contributed by atoms with Crippen molar-refractivity contribution in [3.63, 3.8) is 0 Å². The van der Waals surface area contributed by atoms with E-state index in [1.807, 2.05) is 0 Å². The zero-order valence-corrected chi connectivity index (χ0v) is 21.0. The lowest BCUT2D eigenvalue weighted by atomic mass is 9.90. The molecule has 190 valence electrons. The standard InChI is InChI=1S/C26H38O8/c1-25(2,3)23(28)31-15-17(33-24(29)26(4,5)6)13-12-16-9-7-10-19-22(32-16)20(27)21-18(34-19)11-8-14-30-21/h12-13,16-22,27H,8,10-11,14-15H2,1-6H3/b13-12+/t16?,17-,18-,19+,20+,21-,22+/m0/s1. The lowest BCUT2D eigenvalue weighted by Gasteiger charge is -2.46. The maximum atomic E-state index is 12.5. The number of aliphatic hydroxyl groups is 1. The number of rotatable bonds is 5. The van der Waals surface area contributed by atoms with Gasteiger partial charge in [0.25, 0.3) is 0 Å². The van der Waals surface area contributed by atoms with E-state index in [0.29, 0.717) is 13.0 Å². The van der Waals surface area contributed by atoms with Gasteiger partial charge in [-0.1, -0.05) is 11.8 Å². The van der Waals surface area contributed by atoms with Gasteiger partial charge in [-0.3, -0.25) is 9.59 Å². The first-order valence-electron chi connectivity index (χ1n) is 12.0. The molecule has 1 N–H and O–H groups in total. The van der Waals surface area contributed by atoms with Gasteiger partial charge in [0, 0.05) is 13.0 Å². The normalized spacial score (nSPS) is 32.4. The van der Waals surface area contributed by atoms with Gasteiger partial charge in [-0.25, -0.2) is 0 Å². The summed E-state index contributed by atoms with van der Waals surface area (Å²) in [5.74, 6) is 5.29. The van der Waals surface area contributed by atoms with E-state index < -0.39 is 53.3 Å². The maximum absolute atomic E-state index is 12.5. The van der Waals surface area contributed by atoms with Crippen molar-refractivity contribution in [1.29, 1.82) is 0 Å².